The van der Waals surface area contributed by atoms with E-state index in [0.717, 1.165) is 29.5 Å². The van der Waals surface area contributed by atoms with Crippen molar-refractivity contribution in [1.29, 1.82) is 0 Å². The lowest BCUT2D eigenvalue weighted by Crippen LogP contribution is -2.50. The summed E-state index contributed by atoms with van der Waals surface area (Å²) in [5.74, 6) is 2.32. The zero-order valence-electron chi connectivity index (χ0n) is 26.3. The Kier molecular flexibility index (Phi) is 11.5. The Morgan fingerprint density at radius 1 is 0.659 bits per heavy atom. The van der Waals surface area contributed by atoms with E-state index in [9.17, 15) is 9.59 Å². The summed E-state index contributed by atoms with van der Waals surface area (Å²) in [6.45, 7) is 6.88. The van der Waals surface area contributed by atoms with E-state index in [1.54, 1.807) is 28.0 Å². The molecule has 2 amide bonds. The van der Waals surface area contributed by atoms with Gasteiger partial charge in [-0.05, 0) is 53.8 Å². The Morgan fingerprint density at radius 3 is 1.80 bits per heavy atom. The van der Waals surface area contributed by atoms with Crippen LogP contribution in [0.1, 0.15) is 48.2 Å². The molecule has 0 unspecified atom stereocenters. The highest BCUT2D eigenvalue weighted by Gasteiger charge is 2.27. The molecule has 0 bridgehead atoms. The van der Waals surface area contributed by atoms with Crippen molar-refractivity contribution in [1.82, 2.24) is 9.80 Å². The number of benzene rings is 3. The highest BCUT2D eigenvalue weighted by atomic mass is 16.5. The lowest BCUT2D eigenvalue weighted by Gasteiger charge is -2.34. The molecule has 3 aromatic rings. The number of rotatable bonds is 13. The van der Waals surface area contributed by atoms with Crippen molar-refractivity contribution in [3.63, 3.8) is 0 Å². The maximum atomic E-state index is 13.6. The Balaban J connectivity index is 1.55. The molecule has 1 fully saturated rings. The molecule has 1 heterocycles. The number of ether oxygens (including phenoxy) is 5. The second-order valence-electron chi connectivity index (χ2n) is 10.3. The molecule has 1 aliphatic rings. The predicted molar refractivity (Wildman–Crippen MR) is 170 cm³/mol. The minimum atomic E-state index is -0.165. The fourth-order valence-corrected chi connectivity index (χ4v) is 5.01. The zero-order valence-corrected chi connectivity index (χ0v) is 26.3. The van der Waals surface area contributed by atoms with Gasteiger partial charge in [0.1, 0.15) is 0 Å². The normalized spacial score (nSPS) is 13.3. The number of piperazine rings is 1. The lowest BCUT2D eigenvalue weighted by atomic mass is 9.96. The number of hydrogen-bond donors (Lipinski definition) is 0. The van der Waals surface area contributed by atoms with Crippen LogP contribution in [0.5, 0.6) is 28.7 Å². The molecular weight excluding hydrogens is 560 g/mol. The van der Waals surface area contributed by atoms with Crippen LogP contribution < -0.4 is 23.7 Å². The molecule has 1 aliphatic heterocycles. The molecule has 0 spiro atoms. The van der Waals surface area contributed by atoms with E-state index in [4.69, 9.17) is 23.7 Å². The molecule has 3 aromatic carbocycles. The van der Waals surface area contributed by atoms with Gasteiger partial charge in [0.25, 0.3) is 5.91 Å². The number of amides is 2. The number of methoxy groups -OCH3 is 3. The molecule has 4 rings (SSSR count). The van der Waals surface area contributed by atoms with Crippen LogP contribution in [0.15, 0.2) is 66.7 Å². The second-order valence-corrected chi connectivity index (χ2v) is 10.3. The molecule has 9 nitrogen and oxygen atoms in total. The van der Waals surface area contributed by atoms with Crippen LogP contribution in [0.25, 0.3) is 5.57 Å². The van der Waals surface area contributed by atoms with Crippen LogP contribution in [0.2, 0.25) is 0 Å². The fraction of sp³-hybridized carbons (Fsp3) is 0.371. The lowest BCUT2D eigenvalue weighted by molar-refractivity contribution is -0.127. The maximum absolute atomic E-state index is 13.6. The van der Waals surface area contributed by atoms with Gasteiger partial charge in [-0.15, -0.1) is 0 Å². The Hall–Kier alpha value is -4.66. The van der Waals surface area contributed by atoms with Crippen LogP contribution in [-0.4, -0.2) is 82.3 Å². The van der Waals surface area contributed by atoms with Crippen molar-refractivity contribution in [3.05, 3.63) is 83.4 Å². The van der Waals surface area contributed by atoms with E-state index in [1.165, 1.54) is 21.3 Å². The zero-order chi connectivity index (χ0) is 31.5. The van der Waals surface area contributed by atoms with E-state index in [0.29, 0.717) is 73.7 Å². The van der Waals surface area contributed by atoms with E-state index < -0.39 is 0 Å². The number of carbonyl (C=O) groups excluding carboxylic acids is 2. The second kappa shape index (κ2) is 15.7. The predicted octanol–water partition coefficient (Wildman–Crippen LogP) is 5.71. The Labute approximate surface area is 259 Å². The summed E-state index contributed by atoms with van der Waals surface area (Å²) in [6.07, 6.45) is 3.43. The van der Waals surface area contributed by atoms with Gasteiger partial charge in [-0.2, -0.15) is 0 Å². The van der Waals surface area contributed by atoms with Crippen LogP contribution in [-0.2, 0) is 4.79 Å². The monoisotopic (exact) mass is 602 g/mol. The maximum Gasteiger partial charge on any atom is 0.254 e. The summed E-state index contributed by atoms with van der Waals surface area (Å²) in [5, 5.41) is 0. The number of nitrogens with zero attached hydrogens (tertiary/aromatic N) is 2. The standard InChI is InChI=1S/C35H42N2O7/c1-6-19-43-29-14-13-26(21-30(29)44-20-7-2)28(25-11-9-8-10-12-25)24-33(38)36-15-17-37(18-16-36)35(39)27-22-31(40-3)34(42-5)32(23-27)41-4/h8-14,21-24H,6-7,15-20H2,1-5H3/b28-24+. The van der Waals surface area contributed by atoms with Crippen LogP contribution in [0.3, 0.4) is 0 Å². The summed E-state index contributed by atoms with van der Waals surface area (Å²) in [4.78, 5) is 30.6. The topological polar surface area (TPSA) is 86.8 Å². The third-order valence-electron chi connectivity index (χ3n) is 7.32. The molecule has 234 valence electrons. The number of carbonyl (C=O) groups is 2. The van der Waals surface area contributed by atoms with Crippen LogP contribution >= 0.6 is 0 Å². The van der Waals surface area contributed by atoms with Gasteiger partial charge in [-0.1, -0.05) is 50.2 Å². The summed E-state index contributed by atoms with van der Waals surface area (Å²) >= 11 is 0. The van der Waals surface area contributed by atoms with Gasteiger partial charge in [0.05, 0.1) is 34.5 Å². The van der Waals surface area contributed by atoms with E-state index >= 15 is 0 Å². The molecule has 0 radical (unpaired) electrons. The van der Waals surface area contributed by atoms with Crippen molar-refractivity contribution >= 4 is 17.4 Å². The smallest absolute Gasteiger partial charge is 0.254 e. The van der Waals surface area contributed by atoms with Crippen molar-refractivity contribution in [2.45, 2.75) is 26.7 Å². The van der Waals surface area contributed by atoms with Crippen molar-refractivity contribution < 1.29 is 33.3 Å². The SMILES string of the molecule is CCCOc1ccc(/C(=C/C(=O)N2CCN(C(=O)c3cc(OC)c(OC)c(OC)c3)CC2)c2ccccc2)cc1OCCC. The Morgan fingerprint density at radius 2 is 1.23 bits per heavy atom. The first-order chi connectivity index (χ1) is 21.4. The average molecular weight is 603 g/mol. The molecule has 0 N–H and O–H groups in total. The highest BCUT2D eigenvalue weighted by molar-refractivity contribution is 6.00. The first-order valence-electron chi connectivity index (χ1n) is 15.0. The van der Waals surface area contributed by atoms with Gasteiger partial charge in [0.15, 0.2) is 23.0 Å². The van der Waals surface area contributed by atoms with E-state index in [-0.39, 0.29) is 11.8 Å². The molecule has 1 saturated heterocycles. The summed E-state index contributed by atoms with van der Waals surface area (Å²) < 4.78 is 28.2. The van der Waals surface area contributed by atoms with Crippen molar-refractivity contribution in [2.75, 3.05) is 60.7 Å². The fourth-order valence-electron chi connectivity index (χ4n) is 5.01. The molecular formula is C35H42N2O7. The third-order valence-corrected chi connectivity index (χ3v) is 7.32. The first kappa shape index (κ1) is 32.3. The van der Waals surface area contributed by atoms with Gasteiger partial charge < -0.3 is 33.5 Å². The highest BCUT2D eigenvalue weighted by Crippen LogP contribution is 2.38. The Bertz CT molecular complexity index is 1420. The van der Waals surface area contributed by atoms with Crippen LogP contribution in [0.4, 0.5) is 0 Å². The van der Waals surface area contributed by atoms with Crippen molar-refractivity contribution in [3.8, 4) is 28.7 Å². The first-order valence-corrected chi connectivity index (χ1v) is 15.0. The summed E-state index contributed by atoms with van der Waals surface area (Å²) in [5.41, 5.74) is 2.99. The minimum Gasteiger partial charge on any atom is -0.493 e. The van der Waals surface area contributed by atoms with Gasteiger partial charge in [0, 0.05) is 37.8 Å². The quantitative estimate of drug-likeness (QED) is 0.232. The molecule has 0 aliphatic carbocycles. The van der Waals surface area contributed by atoms with E-state index in [1.807, 2.05) is 48.5 Å². The molecule has 44 heavy (non-hydrogen) atoms. The van der Waals surface area contributed by atoms with Crippen LogP contribution in [0, 0.1) is 0 Å². The van der Waals surface area contributed by atoms with Gasteiger partial charge in [-0.25, -0.2) is 0 Å². The number of hydrogen-bond acceptors (Lipinski definition) is 7. The summed E-state index contributed by atoms with van der Waals surface area (Å²) in [7, 11) is 4.55. The minimum absolute atomic E-state index is 0.119. The molecule has 0 atom stereocenters. The van der Waals surface area contributed by atoms with Gasteiger partial charge >= 0.3 is 0 Å². The van der Waals surface area contributed by atoms with Crippen molar-refractivity contribution in [2.24, 2.45) is 0 Å². The van der Waals surface area contributed by atoms with Gasteiger partial charge in [-0.3, -0.25) is 9.59 Å². The summed E-state index contributed by atoms with van der Waals surface area (Å²) in [6, 6.07) is 18.9. The molecule has 9 heteroatoms. The van der Waals surface area contributed by atoms with Gasteiger partial charge in [0.2, 0.25) is 11.7 Å². The largest absolute Gasteiger partial charge is 0.493 e. The molecule has 0 saturated carbocycles. The average Bonchev–Trinajstić information content (AvgIpc) is 3.08. The third kappa shape index (κ3) is 7.64. The molecule has 0 aromatic heterocycles. The van der Waals surface area contributed by atoms with E-state index in [2.05, 4.69) is 13.8 Å².